The normalized spacial score (nSPS) is 11.2. The van der Waals surface area contributed by atoms with Crippen molar-refractivity contribution in [3.05, 3.63) is 105 Å². The SMILES string of the molecule is Cc1nc(=S)c2cc([N+](=O)[O-])cc(C=Cc3ccccc3)c2n1-c1ccccc1. The van der Waals surface area contributed by atoms with Crippen LogP contribution in [0.15, 0.2) is 72.8 Å². The van der Waals surface area contributed by atoms with Gasteiger partial charge in [-0.2, -0.15) is 0 Å². The van der Waals surface area contributed by atoms with Gasteiger partial charge in [0.15, 0.2) is 0 Å². The Kier molecular flexibility index (Phi) is 5.01. The van der Waals surface area contributed by atoms with Crippen LogP contribution in [-0.4, -0.2) is 14.5 Å². The summed E-state index contributed by atoms with van der Waals surface area (Å²) in [7, 11) is 0. The van der Waals surface area contributed by atoms with E-state index in [2.05, 4.69) is 4.98 Å². The standard InChI is InChI=1S/C23H17N3O2S/c1-16-24-23(29)21-15-20(26(27)28)14-18(13-12-17-8-4-2-5-9-17)22(21)25(16)19-10-6-3-7-11-19/h2-15H,1H3. The summed E-state index contributed by atoms with van der Waals surface area (Å²) in [4.78, 5) is 15.6. The van der Waals surface area contributed by atoms with E-state index < -0.39 is 4.92 Å². The molecule has 3 aromatic carbocycles. The van der Waals surface area contributed by atoms with E-state index >= 15 is 0 Å². The number of hydrogen-bond acceptors (Lipinski definition) is 4. The minimum Gasteiger partial charge on any atom is -0.297 e. The van der Waals surface area contributed by atoms with Gasteiger partial charge in [-0.3, -0.25) is 14.7 Å². The maximum atomic E-state index is 11.5. The Morgan fingerprint density at radius 2 is 1.66 bits per heavy atom. The quantitative estimate of drug-likeness (QED) is 0.179. The lowest BCUT2D eigenvalue weighted by Gasteiger charge is -2.16. The molecule has 0 saturated heterocycles. The van der Waals surface area contributed by atoms with E-state index in [1.807, 2.05) is 84.3 Å². The van der Waals surface area contributed by atoms with Crippen LogP contribution in [0.25, 0.3) is 28.7 Å². The van der Waals surface area contributed by atoms with Crippen LogP contribution in [-0.2, 0) is 0 Å². The van der Waals surface area contributed by atoms with Gasteiger partial charge in [-0.1, -0.05) is 72.9 Å². The number of hydrogen-bond donors (Lipinski definition) is 0. The molecule has 0 fully saturated rings. The molecule has 0 bridgehead atoms. The minimum absolute atomic E-state index is 0.0124. The fourth-order valence-electron chi connectivity index (χ4n) is 3.35. The van der Waals surface area contributed by atoms with Crippen LogP contribution < -0.4 is 0 Å². The van der Waals surface area contributed by atoms with Crippen molar-refractivity contribution in [2.45, 2.75) is 6.92 Å². The number of benzene rings is 3. The zero-order valence-electron chi connectivity index (χ0n) is 15.6. The molecule has 142 valence electrons. The molecule has 4 rings (SSSR count). The number of rotatable bonds is 4. The van der Waals surface area contributed by atoms with Gasteiger partial charge >= 0.3 is 0 Å². The highest BCUT2D eigenvalue weighted by molar-refractivity contribution is 7.71. The number of fused-ring (bicyclic) bond motifs is 1. The zero-order valence-corrected chi connectivity index (χ0v) is 16.5. The predicted octanol–water partition coefficient (Wildman–Crippen LogP) is 6.14. The Bertz CT molecular complexity index is 1300. The fraction of sp³-hybridized carbons (Fsp3) is 0.0435. The van der Waals surface area contributed by atoms with Crippen LogP contribution in [0.4, 0.5) is 5.69 Å². The number of para-hydroxylation sites is 1. The molecule has 0 aliphatic rings. The molecule has 0 aliphatic carbocycles. The van der Waals surface area contributed by atoms with Gasteiger partial charge in [0.2, 0.25) is 0 Å². The number of nitro groups is 1. The number of aryl methyl sites for hydroxylation is 1. The van der Waals surface area contributed by atoms with Crippen molar-refractivity contribution >= 4 is 41.0 Å². The van der Waals surface area contributed by atoms with Crippen molar-refractivity contribution in [3.8, 4) is 5.69 Å². The van der Waals surface area contributed by atoms with Crippen LogP contribution in [0.1, 0.15) is 17.0 Å². The Hall–Kier alpha value is -3.64. The van der Waals surface area contributed by atoms with E-state index in [0.717, 1.165) is 22.6 Å². The average molecular weight is 399 g/mol. The van der Waals surface area contributed by atoms with E-state index in [1.165, 1.54) is 6.07 Å². The summed E-state index contributed by atoms with van der Waals surface area (Å²) in [5, 5.41) is 12.1. The molecule has 29 heavy (non-hydrogen) atoms. The molecule has 0 aliphatic heterocycles. The summed E-state index contributed by atoms with van der Waals surface area (Å²) in [6.07, 6.45) is 3.82. The second kappa shape index (κ2) is 7.77. The second-order valence-electron chi connectivity index (χ2n) is 6.57. The van der Waals surface area contributed by atoms with Gasteiger partial charge in [0.1, 0.15) is 10.5 Å². The van der Waals surface area contributed by atoms with Crippen LogP contribution in [0.5, 0.6) is 0 Å². The first-order valence-electron chi connectivity index (χ1n) is 9.05. The van der Waals surface area contributed by atoms with Gasteiger partial charge in [-0.15, -0.1) is 0 Å². The summed E-state index contributed by atoms with van der Waals surface area (Å²) >= 11 is 5.46. The molecule has 5 nitrogen and oxygen atoms in total. The summed E-state index contributed by atoms with van der Waals surface area (Å²) in [5.74, 6) is 0.719. The van der Waals surface area contributed by atoms with Gasteiger partial charge in [-0.05, 0) is 24.6 Å². The number of aromatic nitrogens is 2. The highest BCUT2D eigenvalue weighted by atomic mass is 32.1. The van der Waals surface area contributed by atoms with Crippen molar-refractivity contribution in [1.29, 1.82) is 0 Å². The second-order valence-corrected chi connectivity index (χ2v) is 6.95. The molecule has 0 saturated carbocycles. The molecule has 0 atom stereocenters. The van der Waals surface area contributed by atoms with Crippen molar-refractivity contribution in [3.63, 3.8) is 0 Å². The third-order valence-corrected chi connectivity index (χ3v) is 4.96. The lowest BCUT2D eigenvalue weighted by atomic mass is 10.1. The van der Waals surface area contributed by atoms with Crippen LogP contribution >= 0.6 is 12.2 Å². The summed E-state index contributed by atoms with van der Waals surface area (Å²) in [5.41, 5.74) is 3.41. The minimum atomic E-state index is -0.402. The molecule has 0 N–H and O–H groups in total. The van der Waals surface area contributed by atoms with Crippen molar-refractivity contribution in [2.24, 2.45) is 0 Å². The molecule has 0 spiro atoms. The molecule has 1 aromatic heterocycles. The van der Waals surface area contributed by atoms with Crippen molar-refractivity contribution in [2.75, 3.05) is 0 Å². The summed E-state index contributed by atoms with van der Waals surface area (Å²) in [6, 6.07) is 22.7. The van der Waals surface area contributed by atoms with E-state index in [-0.39, 0.29) is 5.69 Å². The van der Waals surface area contributed by atoms with Crippen LogP contribution in [0.2, 0.25) is 0 Å². The fourth-order valence-corrected chi connectivity index (χ4v) is 3.64. The molecule has 0 amide bonds. The smallest absolute Gasteiger partial charge is 0.270 e. The average Bonchev–Trinajstić information content (AvgIpc) is 2.73. The highest BCUT2D eigenvalue weighted by Crippen LogP contribution is 2.30. The van der Waals surface area contributed by atoms with Crippen LogP contribution in [0, 0.1) is 21.7 Å². The number of nitrogens with zero attached hydrogens (tertiary/aromatic N) is 3. The van der Waals surface area contributed by atoms with Gasteiger partial charge < -0.3 is 0 Å². The van der Waals surface area contributed by atoms with E-state index in [4.69, 9.17) is 12.2 Å². The monoisotopic (exact) mass is 399 g/mol. The Morgan fingerprint density at radius 3 is 2.31 bits per heavy atom. The predicted molar refractivity (Wildman–Crippen MR) is 119 cm³/mol. The van der Waals surface area contributed by atoms with Crippen molar-refractivity contribution < 1.29 is 4.92 Å². The molecule has 6 heteroatoms. The molecule has 1 heterocycles. The third kappa shape index (κ3) is 3.70. The van der Waals surface area contributed by atoms with Gasteiger partial charge in [0.25, 0.3) is 5.69 Å². The van der Waals surface area contributed by atoms with Gasteiger partial charge in [-0.25, -0.2) is 4.98 Å². The van der Waals surface area contributed by atoms with Crippen molar-refractivity contribution in [1.82, 2.24) is 9.55 Å². The highest BCUT2D eigenvalue weighted by Gasteiger charge is 2.16. The Balaban J connectivity index is 2.08. The topological polar surface area (TPSA) is 61.0 Å². The number of nitro benzene ring substituents is 1. The summed E-state index contributed by atoms with van der Waals surface area (Å²) < 4.78 is 2.34. The van der Waals surface area contributed by atoms with E-state index in [0.29, 0.717) is 15.6 Å². The molecule has 4 aromatic rings. The first-order chi connectivity index (χ1) is 14.0. The molecular formula is C23H17N3O2S. The van der Waals surface area contributed by atoms with Crippen LogP contribution in [0.3, 0.4) is 0 Å². The summed E-state index contributed by atoms with van der Waals surface area (Å²) in [6.45, 7) is 1.88. The number of non-ortho nitro benzene ring substituents is 1. The lowest BCUT2D eigenvalue weighted by Crippen LogP contribution is -2.07. The third-order valence-electron chi connectivity index (χ3n) is 4.65. The van der Waals surface area contributed by atoms with Gasteiger partial charge in [0.05, 0.1) is 10.4 Å². The maximum absolute atomic E-state index is 11.5. The maximum Gasteiger partial charge on any atom is 0.270 e. The zero-order chi connectivity index (χ0) is 20.4. The molecule has 0 unspecified atom stereocenters. The molecular weight excluding hydrogens is 382 g/mol. The Labute approximate surface area is 172 Å². The lowest BCUT2D eigenvalue weighted by molar-refractivity contribution is -0.384. The molecule has 0 radical (unpaired) electrons. The van der Waals surface area contributed by atoms with Gasteiger partial charge in [0, 0.05) is 28.8 Å². The first kappa shape index (κ1) is 18.7. The first-order valence-corrected chi connectivity index (χ1v) is 9.46. The largest absolute Gasteiger partial charge is 0.297 e. The van der Waals surface area contributed by atoms with E-state index in [9.17, 15) is 10.1 Å². The van der Waals surface area contributed by atoms with E-state index in [1.54, 1.807) is 6.07 Å². The Morgan fingerprint density at radius 1 is 1.00 bits per heavy atom.